The van der Waals surface area contributed by atoms with Crippen LogP contribution in [0.2, 0.25) is 0 Å². The van der Waals surface area contributed by atoms with Crippen LogP contribution in [0, 0.1) is 0 Å². The molecule has 9 heteroatoms. The number of morpholine rings is 1. The van der Waals surface area contributed by atoms with Crippen molar-refractivity contribution in [2.24, 2.45) is 4.99 Å². The molecule has 4 rings (SSSR count). The first-order valence-electron chi connectivity index (χ1n) is 11.6. The fourth-order valence-electron chi connectivity index (χ4n) is 4.70. The van der Waals surface area contributed by atoms with E-state index in [2.05, 4.69) is 32.5 Å². The van der Waals surface area contributed by atoms with Crippen molar-refractivity contribution in [3.8, 4) is 5.82 Å². The van der Waals surface area contributed by atoms with E-state index in [0.29, 0.717) is 6.54 Å². The van der Waals surface area contributed by atoms with Gasteiger partial charge in [0, 0.05) is 50.3 Å². The largest absolute Gasteiger partial charge is 0.379 e. The van der Waals surface area contributed by atoms with Crippen molar-refractivity contribution in [2.45, 2.75) is 51.1 Å². The Bertz CT molecular complexity index is 831. The fourth-order valence-corrected chi connectivity index (χ4v) is 4.70. The first-order valence-corrected chi connectivity index (χ1v) is 11.6. The highest BCUT2D eigenvalue weighted by atomic mass is 127. The molecule has 176 valence electrons. The van der Waals surface area contributed by atoms with Gasteiger partial charge in [-0.1, -0.05) is 19.3 Å². The van der Waals surface area contributed by atoms with Crippen LogP contribution in [0.3, 0.4) is 0 Å². The van der Waals surface area contributed by atoms with Gasteiger partial charge in [0.15, 0.2) is 11.8 Å². The highest BCUT2D eigenvalue weighted by molar-refractivity contribution is 14.0. The Hall–Kier alpha value is -1.72. The molecule has 2 N–H and O–H groups in total. The molecular weight excluding hydrogens is 517 g/mol. The Morgan fingerprint density at radius 3 is 2.69 bits per heavy atom. The number of hydrogen-bond acceptors (Lipinski definition) is 5. The van der Waals surface area contributed by atoms with Gasteiger partial charge in [0.25, 0.3) is 0 Å². The summed E-state index contributed by atoms with van der Waals surface area (Å²) in [6, 6.07) is 5.95. The van der Waals surface area contributed by atoms with Crippen molar-refractivity contribution in [1.82, 2.24) is 30.3 Å². The predicted molar refractivity (Wildman–Crippen MR) is 138 cm³/mol. The second-order valence-corrected chi connectivity index (χ2v) is 8.41. The Kier molecular flexibility index (Phi) is 9.73. The zero-order valence-corrected chi connectivity index (χ0v) is 21.3. The molecule has 8 nitrogen and oxygen atoms in total. The third kappa shape index (κ3) is 6.41. The third-order valence-corrected chi connectivity index (χ3v) is 6.36. The molecule has 3 heterocycles. The molecule has 1 saturated heterocycles. The molecule has 2 aromatic rings. The zero-order chi connectivity index (χ0) is 21.4. The van der Waals surface area contributed by atoms with Crippen LogP contribution in [0.15, 0.2) is 41.8 Å². The molecular formula is C23H36IN7O. The molecule has 32 heavy (non-hydrogen) atoms. The molecule has 0 bridgehead atoms. The Labute approximate surface area is 208 Å². The van der Waals surface area contributed by atoms with Crippen LogP contribution in [-0.4, -0.2) is 70.6 Å². The summed E-state index contributed by atoms with van der Waals surface area (Å²) in [6.45, 7) is 8.21. The van der Waals surface area contributed by atoms with Gasteiger partial charge in [0.05, 0.1) is 19.8 Å². The number of nitrogens with zero attached hydrogens (tertiary/aromatic N) is 5. The summed E-state index contributed by atoms with van der Waals surface area (Å²) in [7, 11) is 0. The quantitative estimate of drug-likeness (QED) is 0.312. The third-order valence-electron chi connectivity index (χ3n) is 6.36. The minimum Gasteiger partial charge on any atom is -0.379 e. The number of nitrogens with one attached hydrogen (secondary N) is 2. The number of pyridine rings is 1. The van der Waals surface area contributed by atoms with E-state index < -0.39 is 0 Å². The number of rotatable bonds is 7. The maximum Gasteiger partial charge on any atom is 0.191 e. The van der Waals surface area contributed by atoms with E-state index in [4.69, 9.17) is 9.73 Å². The SMILES string of the molecule is CCNC(=NCc1ccnc(-n2cccn2)c1)NCC1(N2CCOCC2)CCCCC1.I. The van der Waals surface area contributed by atoms with Crippen molar-refractivity contribution >= 4 is 29.9 Å². The van der Waals surface area contributed by atoms with E-state index in [9.17, 15) is 0 Å². The maximum absolute atomic E-state index is 5.61. The second kappa shape index (κ2) is 12.5. The van der Waals surface area contributed by atoms with Gasteiger partial charge in [-0.3, -0.25) is 4.90 Å². The summed E-state index contributed by atoms with van der Waals surface area (Å²) in [5, 5.41) is 11.3. The smallest absolute Gasteiger partial charge is 0.191 e. The monoisotopic (exact) mass is 553 g/mol. The number of hydrogen-bond donors (Lipinski definition) is 2. The van der Waals surface area contributed by atoms with Gasteiger partial charge in [-0.2, -0.15) is 5.10 Å². The van der Waals surface area contributed by atoms with Crippen LogP contribution in [0.25, 0.3) is 5.82 Å². The molecule has 2 aliphatic rings. The van der Waals surface area contributed by atoms with Crippen LogP contribution in [0.1, 0.15) is 44.6 Å². The van der Waals surface area contributed by atoms with Crippen molar-refractivity contribution in [1.29, 1.82) is 0 Å². The molecule has 1 aliphatic heterocycles. The molecule has 2 fully saturated rings. The van der Waals surface area contributed by atoms with Crippen LogP contribution in [0.5, 0.6) is 0 Å². The fraction of sp³-hybridized carbons (Fsp3) is 0.609. The zero-order valence-electron chi connectivity index (χ0n) is 19.0. The highest BCUT2D eigenvalue weighted by Crippen LogP contribution is 2.33. The normalized spacial score (nSPS) is 19.2. The molecule has 0 amide bonds. The molecule has 1 aliphatic carbocycles. The number of ether oxygens (including phenoxy) is 1. The van der Waals surface area contributed by atoms with E-state index in [1.54, 1.807) is 10.9 Å². The van der Waals surface area contributed by atoms with Crippen LogP contribution in [-0.2, 0) is 11.3 Å². The number of aromatic nitrogens is 3. The van der Waals surface area contributed by atoms with E-state index in [1.165, 1.54) is 32.1 Å². The Balaban J connectivity index is 0.00000289. The van der Waals surface area contributed by atoms with E-state index in [0.717, 1.165) is 56.7 Å². The predicted octanol–water partition coefficient (Wildman–Crippen LogP) is 2.98. The van der Waals surface area contributed by atoms with Crippen molar-refractivity contribution in [3.63, 3.8) is 0 Å². The molecule has 0 radical (unpaired) electrons. The number of halogens is 1. The molecule has 2 aromatic heterocycles. The first kappa shape index (κ1) is 24.9. The van der Waals surface area contributed by atoms with Gasteiger partial charge in [-0.05, 0) is 43.5 Å². The summed E-state index contributed by atoms with van der Waals surface area (Å²) >= 11 is 0. The van der Waals surface area contributed by atoms with E-state index in [-0.39, 0.29) is 29.5 Å². The second-order valence-electron chi connectivity index (χ2n) is 8.41. The lowest BCUT2D eigenvalue weighted by atomic mass is 9.80. The van der Waals surface area contributed by atoms with Crippen molar-refractivity contribution < 1.29 is 4.74 Å². The summed E-state index contributed by atoms with van der Waals surface area (Å²) in [4.78, 5) is 11.9. The standard InChI is InChI=1S/C23H35N7O.HI/c1-2-24-22(26-18-20-7-11-25-21(17-20)30-12-6-10-28-30)27-19-23(8-4-3-5-9-23)29-13-15-31-16-14-29;/h6-7,10-12,17H,2-5,8-9,13-16,18-19H2,1H3,(H2,24,26,27);1H. The van der Waals surface area contributed by atoms with Crippen LogP contribution in [0.4, 0.5) is 0 Å². The van der Waals surface area contributed by atoms with Crippen molar-refractivity contribution in [2.75, 3.05) is 39.4 Å². The van der Waals surface area contributed by atoms with Gasteiger partial charge < -0.3 is 15.4 Å². The van der Waals surface area contributed by atoms with Gasteiger partial charge in [0.1, 0.15) is 0 Å². The van der Waals surface area contributed by atoms with Gasteiger partial charge >= 0.3 is 0 Å². The molecule has 0 unspecified atom stereocenters. The van der Waals surface area contributed by atoms with Gasteiger partial charge in [0.2, 0.25) is 0 Å². The first-order chi connectivity index (χ1) is 15.3. The van der Waals surface area contributed by atoms with Crippen LogP contribution >= 0.6 is 24.0 Å². The van der Waals surface area contributed by atoms with E-state index >= 15 is 0 Å². The molecule has 0 atom stereocenters. The maximum atomic E-state index is 5.61. The minimum atomic E-state index is 0. The lowest BCUT2D eigenvalue weighted by Crippen LogP contribution is -2.60. The Morgan fingerprint density at radius 2 is 1.97 bits per heavy atom. The lowest BCUT2D eigenvalue weighted by molar-refractivity contribution is -0.0352. The molecule has 0 spiro atoms. The van der Waals surface area contributed by atoms with Crippen LogP contribution < -0.4 is 10.6 Å². The van der Waals surface area contributed by atoms with Gasteiger partial charge in [-0.25, -0.2) is 14.7 Å². The average Bonchev–Trinajstić information content (AvgIpc) is 3.37. The Morgan fingerprint density at radius 1 is 1.16 bits per heavy atom. The summed E-state index contributed by atoms with van der Waals surface area (Å²) in [5.41, 5.74) is 1.32. The average molecular weight is 553 g/mol. The lowest BCUT2D eigenvalue weighted by Gasteiger charge is -2.48. The topological polar surface area (TPSA) is 79.6 Å². The number of aliphatic imine (C=N–C) groups is 1. The minimum absolute atomic E-state index is 0. The number of guanidine groups is 1. The van der Waals surface area contributed by atoms with Crippen molar-refractivity contribution in [3.05, 3.63) is 42.4 Å². The highest BCUT2D eigenvalue weighted by Gasteiger charge is 2.38. The summed E-state index contributed by atoms with van der Waals surface area (Å²) in [5.74, 6) is 1.68. The van der Waals surface area contributed by atoms with E-state index in [1.807, 2.05) is 30.6 Å². The van der Waals surface area contributed by atoms with Gasteiger partial charge in [-0.15, -0.1) is 24.0 Å². The molecule has 0 aromatic carbocycles. The summed E-state index contributed by atoms with van der Waals surface area (Å²) < 4.78 is 7.38. The molecule has 1 saturated carbocycles. The summed E-state index contributed by atoms with van der Waals surface area (Å²) in [6.07, 6.45) is 11.9.